The first-order chi connectivity index (χ1) is 5.63. The molecule has 3 atom stereocenters. The fourth-order valence-corrected chi connectivity index (χ4v) is 5.35. The SMILES string of the molecule is C[I-]N(C)C1C(N(C)C)N1[I-]C. The van der Waals surface area contributed by atoms with Crippen molar-refractivity contribution >= 4 is 0 Å². The zero-order valence-corrected chi connectivity index (χ0v) is 12.6. The Morgan fingerprint density at radius 1 is 1.08 bits per heavy atom. The molecule has 5 heteroatoms. The summed E-state index contributed by atoms with van der Waals surface area (Å²) in [7, 11) is 6.62. The first-order valence-corrected chi connectivity index (χ1v) is 10.0. The molecule has 0 aromatic rings. The van der Waals surface area contributed by atoms with Crippen LogP contribution < -0.4 is 43.0 Å². The second-order valence-electron chi connectivity index (χ2n) is 3.00. The van der Waals surface area contributed by atoms with Gasteiger partial charge in [-0.1, -0.05) is 0 Å². The topological polar surface area (TPSA) is 9.49 Å². The van der Waals surface area contributed by atoms with Crippen LogP contribution in [0.2, 0.25) is 0 Å². The summed E-state index contributed by atoms with van der Waals surface area (Å²) in [5.41, 5.74) is 0. The molecule has 1 fully saturated rings. The Kier molecular flexibility index (Phi) is 4.49. The Labute approximate surface area is 96.7 Å². The van der Waals surface area contributed by atoms with Gasteiger partial charge in [0.2, 0.25) is 0 Å². The second kappa shape index (κ2) is 4.72. The van der Waals surface area contributed by atoms with Gasteiger partial charge in [0.1, 0.15) is 0 Å². The summed E-state index contributed by atoms with van der Waals surface area (Å²) in [5.74, 6) is 0. The number of hydrogen-bond acceptors (Lipinski definition) is 3. The van der Waals surface area contributed by atoms with Gasteiger partial charge in [0.05, 0.1) is 0 Å². The standard InChI is InChI=1S/C7H17I2N3/c1-8-11(5)7-6(10(3)4)12(7)9-2/h6-7H,1-5H3/q-2. The van der Waals surface area contributed by atoms with Gasteiger partial charge in [0, 0.05) is 0 Å². The van der Waals surface area contributed by atoms with Crippen molar-refractivity contribution in [1.29, 1.82) is 0 Å². The fourth-order valence-electron chi connectivity index (χ4n) is 1.31. The predicted octanol–water partition coefficient (Wildman–Crippen LogP) is -6.28. The zero-order valence-electron chi connectivity index (χ0n) is 8.25. The minimum atomic E-state index is 0.263. The van der Waals surface area contributed by atoms with Crippen LogP contribution in [0, 0.1) is 0 Å². The van der Waals surface area contributed by atoms with Crippen molar-refractivity contribution in [2.24, 2.45) is 0 Å². The third-order valence-electron chi connectivity index (χ3n) is 2.04. The van der Waals surface area contributed by atoms with Crippen LogP contribution in [0.1, 0.15) is 0 Å². The molecule has 1 heterocycles. The Hall–Kier alpha value is 1.34. The Morgan fingerprint density at radius 2 is 1.67 bits per heavy atom. The first kappa shape index (κ1) is 11.4. The van der Waals surface area contributed by atoms with Crippen LogP contribution in [0.25, 0.3) is 0 Å². The van der Waals surface area contributed by atoms with E-state index in [4.69, 9.17) is 0 Å². The third-order valence-corrected chi connectivity index (χ3v) is 6.39. The molecule has 1 aliphatic heterocycles. The number of nitrogens with zero attached hydrogens (tertiary/aromatic N) is 3. The van der Waals surface area contributed by atoms with Gasteiger partial charge in [-0.05, 0) is 0 Å². The summed E-state index contributed by atoms with van der Waals surface area (Å²) >= 11 is 0.536. The molecule has 12 heavy (non-hydrogen) atoms. The Bertz CT molecular complexity index is 154. The van der Waals surface area contributed by atoms with Crippen molar-refractivity contribution in [2.75, 3.05) is 31.0 Å². The molecule has 0 aromatic heterocycles. The van der Waals surface area contributed by atoms with Gasteiger partial charge >= 0.3 is 97.4 Å². The molecule has 76 valence electrons. The molecule has 0 spiro atoms. The number of likely N-dealkylation sites (N-methyl/N-ethyl adjacent to an activating group) is 2. The molecular formula is C7H17I2N3-2. The molecule has 3 unspecified atom stereocenters. The first-order valence-electron chi connectivity index (χ1n) is 3.80. The second-order valence-corrected chi connectivity index (χ2v) is 7.56. The van der Waals surface area contributed by atoms with E-state index in [9.17, 15) is 0 Å². The van der Waals surface area contributed by atoms with Gasteiger partial charge in [-0.25, -0.2) is 0 Å². The molecule has 1 aliphatic rings. The average molecular weight is 397 g/mol. The van der Waals surface area contributed by atoms with Crippen molar-refractivity contribution in [2.45, 2.75) is 12.3 Å². The van der Waals surface area contributed by atoms with Gasteiger partial charge in [-0.2, -0.15) is 0 Å². The molecule has 0 amide bonds. The van der Waals surface area contributed by atoms with Crippen LogP contribution in [0.4, 0.5) is 0 Å². The third kappa shape index (κ3) is 2.23. The molecule has 0 bridgehead atoms. The number of hydrogen-bond donors (Lipinski definition) is 0. The van der Waals surface area contributed by atoms with E-state index in [1.165, 1.54) is 0 Å². The van der Waals surface area contributed by atoms with E-state index in [-0.39, 0.29) is 43.0 Å². The van der Waals surface area contributed by atoms with E-state index in [0.29, 0.717) is 6.17 Å². The van der Waals surface area contributed by atoms with Crippen molar-refractivity contribution in [3.63, 3.8) is 0 Å². The minimum absolute atomic E-state index is 0.263. The summed E-state index contributed by atoms with van der Waals surface area (Å²) < 4.78 is 5.16. The van der Waals surface area contributed by atoms with E-state index in [1.807, 2.05) is 0 Å². The molecule has 0 saturated carbocycles. The summed E-state index contributed by atoms with van der Waals surface area (Å²) in [6.07, 6.45) is 1.46. The summed E-state index contributed by atoms with van der Waals surface area (Å²) in [5, 5.41) is 0. The van der Waals surface area contributed by atoms with Crippen LogP contribution >= 0.6 is 0 Å². The van der Waals surface area contributed by atoms with Crippen LogP contribution in [0.3, 0.4) is 0 Å². The molecule has 0 aromatic carbocycles. The van der Waals surface area contributed by atoms with Crippen LogP contribution in [0.5, 0.6) is 0 Å². The van der Waals surface area contributed by atoms with E-state index in [0.717, 1.165) is 6.17 Å². The van der Waals surface area contributed by atoms with Crippen molar-refractivity contribution < 1.29 is 43.0 Å². The quantitative estimate of drug-likeness (QED) is 0.202. The number of alkyl halides is 2. The van der Waals surface area contributed by atoms with E-state index in [1.54, 1.807) is 0 Å². The van der Waals surface area contributed by atoms with Gasteiger partial charge in [0.15, 0.2) is 0 Å². The number of halogens is 2. The van der Waals surface area contributed by atoms with Crippen LogP contribution in [0.15, 0.2) is 0 Å². The summed E-state index contributed by atoms with van der Waals surface area (Å²) in [6, 6.07) is 0. The van der Waals surface area contributed by atoms with Gasteiger partial charge in [0.25, 0.3) is 0 Å². The Morgan fingerprint density at radius 3 is 1.92 bits per heavy atom. The molecule has 1 rings (SSSR count). The van der Waals surface area contributed by atoms with E-state index < -0.39 is 0 Å². The molecule has 3 nitrogen and oxygen atoms in total. The molecule has 0 aliphatic carbocycles. The van der Waals surface area contributed by atoms with Gasteiger partial charge in [-0.3, -0.25) is 0 Å². The number of rotatable bonds is 4. The van der Waals surface area contributed by atoms with Gasteiger partial charge < -0.3 is 0 Å². The zero-order chi connectivity index (χ0) is 9.30. The van der Waals surface area contributed by atoms with E-state index in [2.05, 4.69) is 42.1 Å². The van der Waals surface area contributed by atoms with Crippen molar-refractivity contribution in [3.05, 3.63) is 0 Å². The average Bonchev–Trinajstić information content (AvgIpc) is 2.76. The van der Waals surface area contributed by atoms with Crippen LogP contribution in [-0.4, -0.2) is 54.5 Å². The Balaban J connectivity index is 2.47. The van der Waals surface area contributed by atoms with Crippen molar-refractivity contribution in [1.82, 2.24) is 11.1 Å². The molecule has 0 N–H and O–H groups in total. The molecule has 1 saturated heterocycles. The monoisotopic (exact) mass is 397 g/mol. The normalized spacial score (nSPS) is 35.4. The van der Waals surface area contributed by atoms with E-state index >= 15 is 0 Å². The maximum absolute atomic E-state index is 2.63. The van der Waals surface area contributed by atoms with Gasteiger partial charge in [-0.15, -0.1) is 0 Å². The predicted molar refractivity (Wildman–Crippen MR) is 42.7 cm³/mol. The fraction of sp³-hybridized carbons (Fsp3) is 1.00. The molecular weight excluding hydrogens is 380 g/mol. The summed E-state index contributed by atoms with van der Waals surface area (Å²) in [4.78, 5) is 7.01. The molecule has 0 radical (unpaired) electrons. The van der Waals surface area contributed by atoms with Crippen LogP contribution in [-0.2, 0) is 0 Å². The van der Waals surface area contributed by atoms with Crippen molar-refractivity contribution in [3.8, 4) is 0 Å². The summed E-state index contributed by atoms with van der Waals surface area (Å²) in [6.45, 7) is 0. The maximum atomic E-state index is 2.63.